The second-order valence-corrected chi connectivity index (χ2v) is 10.1. The SMILES string of the molecule is CS(=O)(=O)c1ccccc1-c1ccc(OC(=O)N(Cc2ccccc2C(=N)N)c2ccccc2)cc1. The van der Waals surface area contributed by atoms with Gasteiger partial charge in [-0.15, -0.1) is 0 Å². The molecule has 36 heavy (non-hydrogen) atoms. The Hall–Kier alpha value is -4.43. The summed E-state index contributed by atoms with van der Waals surface area (Å²) in [6.07, 6.45) is 0.563. The van der Waals surface area contributed by atoms with E-state index >= 15 is 0 Å². The molecule has 0 saturated carbocycles. The Balaban J connectivity index is 1.61. The Morgan fingerprint density at radius 3 is 2.14 bits per heavy atom. The van der Waals surface area contributed by atoms with E-state index in [1.54, 1.807) is 72.8 Å². The second-order valence-electron chi connectivity index (χ2n) is 8.15. The summed E-state index contributed by atoms with van der Waals surface area (Å²) in [6, 6.07) is 29.7. The van der Waals surface area contributed by atoms with E-state index in [9.17, 15) is 13.2 Å². The normalized spacial score (nSPS) is 11.0. The number of anilines is 1. The third-order valence-corrected chi connectivity index (χ3v) is 6.74. The molecule has 0 fully saturated rings. The van der Waals surface area contributed by atoms with E-state index < -0.39 is 15.9 Å². The number of benzene rings is 4. The molecule has 0 aromatic heterocycles. The fourth-order valence-corrected chi connectivity index (χ4v) is 4.76. The number of sulfone groups is 1. The molecule has 0 aliphatic rings. The molecule has 0 spiro atoms. The lowest BCUT2D eigenvalue weighted by molar-refractivity contribution is 0.207. The number of nitrogens with one attached hydrogen (secondary N) is 1. The van der Waals surface area contributed by atoms with Crippen molar-refractivity contribution < 1.29 is 17.9 Å². The maximum atomic E-state index is 13.3. The van der Waals surface area contributed by atoms with E-state index in [-0.39, 0.29) is 17.3 Å². The average molecular weight is 500 g/mol. The van der Waals surface area contributed by atoms with Crippen LogP contribution in [0.3, 0.4) is 0 Å². The third kappa shape index (κ3) is 5.61. The summed E-state index contributed by atoms with van der Waals surface area (Å²) in [5.74, 6) is 0.221. The Labute approximate surface area is 210 Å². The molecule has 0 unspecified atom stereocenters. The van der Waals surface area contributed by atoms with Crippen LogP contribution in [0.1, 0.15) is 11.1 Å². The molecule has 0 atom stereocenters. The van der Waals surface area contributed by atoms with Gasteiger partial charge in [0, 0.05) is 23.1 Å². The molecule has 1 amide bonds. The standard InChI is InChI=1S/C28H25N3O4S/c1-36(33,34)26-14-8-7-12-24(26)20-15-17-23(18-16-20)35-28(32)31(22-10-3-2-4-11-22)19-21-9-5-6-13-25(21)27(29)30/h2-18H,19H2,1H3,(H3,29,30). The molecular weight excluding hydrogens is 474 g/mol. The molecule has 182 valence electrons. The van der Waals surface area contributed by atoms with E-state index in [1.165, 1.54) is 11.2 Å². The van der Waals surface area contributed by atoms with E-state index in [2.05, 4.69) is 0 Å². The minimum Gasteiger partial charge on any atom is -0.410 e. The van der Waals surface area contributed by atoms with Crippen molar-refractivity contribution in [1.82, 2.24) is 0 Å². The second kappa shape index (κ2) is 10.5. The van der Waals surface area contributed by atoms with Crippen LogP contribution in [0.2, 0.25) is 0 Å². The smallest absolute Gasteiger partial charge is 0.410 e. The number of hydrogen-bond acceptors (Lipinski definition) is 5. The number of amides is 1. The Kier molecular flexibility index (Phi) is 7.17. The van der Waals surface area contributed by atoms with Crippen molar-refractivity contribution in [3.63, 3.8) is 0 Å². The van der Waals surface area contributed by atoms with Crippen molar-refractivity contribution in [2.24, 2.45) is 5.73 Å². The quantitative estimate of drug-likeness (QED) is 0.266. The Morgan fingerprint density at radius 1 is 0.861 bits per heavy atom. The number of carbonyl (C=O) groups is 1. The summed E-state index contributed by atoms with van der Waals surface area (Å²) in [6.45, 7) is 0.151. The summed E-state index contributed by atoms with van der Waals surface area (Å²) in [5, 5.41) is 7.86. The minimum absolute atomic E-state index is 0.0862. The van der Waals surface area contributed by atoms with Crippen molar-refractivity contribution in [3.8, 4) is 16.9 Å². The molecule has 4 rings (SSSR count). The third-order valence-electron chi connectivity index (χ3n) is 5.58. The molecule has 0 aliphatic carbocycles. The van der Waals surface area contributed by atoms with Crippen LogP contribution in [0.5, 0.6) is 5.75 Å². The van der Waals surface area contributed by atoms with Crippen LogP contribution >= 0.6 is 0 Å². The van der Waals surface area contributed by atoms with Gasteiger partial charge in [0.1, 0.15) is 11.6 Å². The number of rotatable bonds is 7. The lowest BCUT2D eigenvalue weighted by Crippen LogP contribution is -2.34. The molecule has 0 heterocycles. The van der Waals surface area contributed by atoms with Crippen molar-refractivity contribution in [2.75, 3.05) is 11.2 Å². The fourth-order valence-electron chi connectivity index (χ4n) is 3.85. The highest BCUT2D eigenvalue weighted by molar-refractivity contribution is 7.90. The molecule has 0 saturated heterocycles. The van der Waals surface area contributed by atoms with Gasteiger partial charge in [0.2, 0.25) is 0 Å². The Bertz CT molecular complexity index is 1500. The van der Waals surface area contributed by atoms with Gasteiger partial charge in [0.05, 0.1) is 11.4 Å². The van der Waals surface area contributed by atoms with Crippen LogP contribution in [0, 0.1) is 5.41 Å². The summed E-state index contributed by atoms with van der Waals surface area (Å²) in [7, 11) is -3.41. The summed E-state index contributed by atoms with van der Waals surface area (Å²) in [4.78, 5) is 15.0. The number of nitrogens with zero attached hydrogens (tertiary/aromatic N) is 1. The maximum absolute atomic E-state index is 13.3. The van der Waals surface area contributed by atoms with E-state index in [0.29, 0.717) is 33.7 Å². The predicted octanol–water partition coefficient (Wildman–Crippen LogP) is 5.25. The molecule has 7 nitrogen and oxygen atoms in total. The van der Waals surface area contributed by atoms with Crippen LogP contribution in [-0.2, 0) is 16.4 Å². The van der Waals surface area contributed by atoms with Crippen molar-refractivity contribution >= 4 is 27.5 Å². The van der Waals surface area contributed by atoms with Crippen LogP contribution < -0.4 is 15.4 Å². The van der Waals surface area contributed by atoms with Gasteiger partial charge in [0.25, 0.3) is 0 Å². The number of carbonyl (C=O) groups excluding carboxylic acids is 1. The average Bonchev–Trinajstić information content (AvgIpc) is 2.88. The van der Waals surface area contributed by atoms with E-state index in [1.807, 2.05) is 30.3 Å². The number of amidine groups is 1. The van der Waals surface area contributed by atoms with Gasteiger partial charge < -0.3 is 10.5 Å². The van der Waals surface area contributed by atoms with E-state index in [4.69, 9.17) is 15.9 Å². The first-order valence-corrected chi connectivity index (χ1v) is 13.0. The maximum Gasteiger partial charge on any atom is 0.420 e. The number of ether oxygens (including phenoxy) is 1. The van der Waals surface area contributed by atoms with Gasteiger partial charge >= 0.3 is 6.09 Å². The van der Waals surface area contributed by atoms with Crippen LogP contribution in [-0.4, -0.2) is 26.6 Å². The van der Waals surface area contributed by atoms with Crippen molar-refractivity contribution in [1.29, 1.82) is 5.41 Å². The first-order chi connectivity index (χ1) is 17.2. The summed E-state index contributed by atoms with van der Waals surface area (Å²) in [5.41, 5.74) is 8.87. The minimum atomic E-state index is -3.41. The molecule has 0 aliphatic heterocycles. The van der Waals surface area contributed by atoms with Gasteiger partial charge in [-0.3, -0.25) is 10.3 Å². The van der Waals surface area contributed by atoms with E-state index in [0.717, 1.165) is 0 Å². The molecule has 4 aromatic carbocycles. The van der Waals surface area contributed by atoms with Crippen molar-refractivity contribution in [3.05, 3.63) is 114 Å². The lowest BCUT2D eigenvalue weighted by Gasteiger charge is -2.23. The van der Waals surface area contributed by atoms with Crippen LogP contribution in [0.15, 0.2) is 108 Å². The number of hydrogen-bond donors (Lipinski definition) is 2. The largest absolute Gasteiger partial charge is 0.420 e. The highest BCUT2D eigenvalue weighted by atomic mass is 32.2. The first kappa shape index (κ1) is 24.7. The van der Waals surface area contributed by atoms with Crippen molar-refractivity contribution in [2.45, 2.75) is 11.4 Å². The lowest BCUT2D eigenvalue weighted by atomic mass is 10.1. The highest BCUT2D eigenvalue weighted by Gasteiger charge is 2.21. The van der Waals surface area contributed by atoms with Gasteiger partial charge in [0.15, 0.2) is 9.84 Å². The zero-order chi connectivity index (χ0) is 25.7. The van der Waals surface area contributed by atoms with Crippen LogP contribution in [0.25, 0.3) is 11.1 Å². The molecule has 0 radical (unpaired) electrons. The number of nitrogens with two attached hydrogens (primary N) is 1. The topological polar surface area (TPSA) is 114 Å². The zero-order valence-electron chi connectivity index (χ0n) is 19.6. The van der Waals surface area contributed by atoms with Gasteiger partial charge in [-0.1, -0.05) is 72.8 Å². The summed E-state index contributed by atoms with van der Waals surface area (Å²) >= 11 is 0. The molecule has 0 bridgehead atoms. The highest BCUT2D eigenvalue weighted by Crippen LogP contribution is 2.29. The number of nitrogen functional groups attached to an aromatic ring is 1. The van der Waals surface area contributed by atoms with Gasteiger partial charge in [-0.05, 0) is 41.5 Å². The fraction of sp³-hybridized carbons (Fsp3) is 0.0714. The van der Waals surface area contributed by atoms with Gasteiger partial charge in [-0.25, -0.2) is 13.2 Å². The molecular formula is C28H25N3O4S. The molecule has 8 heteroatoms. The molecule has 3 N–H and O–H groups in total. The predicted molar refractivity (Wildman–Crippen MR) is 141 cm³/mol. The molecule has 4 aromatic rings. The summed E-state index contributed by atoms with van der Waals surface area (Å²) < 4.78 is 30.0. The zero-order valence-corrected chi connectivity index (χ0v) is 20.4. The van der Waals surface area contributed by atoms with Crippen LogP contribution in [0.4, 0.5) is 10.5 Å². The van der Waals surface area contributed by atoms with Gasteiger partial charge in [-0.2, -0.15) is 0 Å². The monoisotopic (exact) mass is 499 g/mol. The Morgan fingerprint density at radius 2 is 1.47 bits per heavy atom. The first-order valence-electron chi connectivity index (χ1n) is 11.1. The number of para-hydroxylation sites is 1.